The molecule has 10 aromatic rings. The van der Waals surface area contributed by atoms with Crippen molar-refractivity contribution in [2.45, 2.75) is 5.41 Å². The van der Waals surface area contributed by atoms with E-state index in [1.54, 1.807) is 6.26 Å². The fourth-order valence-corrected chi connectivity index (χ4v) is 9.43. The molecule has 0 bridgehead atoms. The van der Waals surface area contributed by atoms with E-state index in [9.17, 15) is 0 Å². The third-order valence-corrected chi connectivity index (χ3v) is 12.0. The van der Waals surface area contributed by atoms with Gasteiger partial charge in [0.15, 0.2) is 5.82 Å². The van der Waals surface area contributed by atoms with Crippen LogP contribution in [0.15, 0.2) is 211 Å². The highest BCUT2D eigenvalue weighted by atomic mass is 16.5. The number of furan rings is 1. The molecule has 1 atom stereocenters. The van der Waals surface area contributed by atoms with Gasteiger partial charge in [0, 0.05) is 33.2 Å². The number of para-hydroxylation sites is 1. The Hall–Kier alpha value is -7.82. The van der Waals surface area contributed by atoms with Crippen LogP contribution in [0.25, 0.3) is 78.3 Å². The van der Waals surface area contributed by atoms with Crippen molar-refractivity contribution >= 4 is 11.0 Å². The molecule has 8 aromatic carbocycles. The molecule has 59 heavy (non-hydrogen) atoms. The lowest BCUT2D eigenvalue weighted by molar-refractivity contribution is 0.436. The summed E-state index contributed by atoms with van der Waals surface area (Å²) in [6.45, 7) is 0. The van der Waals surface area contributed by atoms with Crippen molar-refractivity contribution in [3.05, 3.63) is 229 Å². The molecule has 3 heterocycles. The largest absolute Gasteiger partial charge is 0.464 e. The van der Waals surface area contributed by atoms with E-state index >= 15 is 0 Å². The third kappa shape index (κ3) is 5.16. The monoisotopic (exact) mass is 754 g/mol. The number of rotatable bonds is 5. The molecule has 1 unspecified atom stereocenters. The average Bonchev–Trinajstić information content (AvgIpc) is 3.91. The van der Waals surface area contributed by atoms with E-state index in [0.717, 1.165) is 83.9 Å². The Morgan fingerprint density at radius 1 is 0.373 bits per heavy atom. The van der Waals surface area contributed by atoms with Crippen molar-refractivity contribution in [2.75, 3.05) is 0 Å². The summed E-state index contributed by atoms with van der Waals surface area (Å²) in [6.07, 6.45) is 1.79. The molecule has 276 valence electrons. The summed E-state index contributed by atoms with van der Waals surface area (Å²) in [5.41, 5.74) is 16.8. The number of aromatic nitrogens is 2. The SMILES string of the molecule is c1ccc(-c2cc(-c3cccc(-c4cccc(-c5ccc6c(c5)C5(c7ccccc7O6)c6ccccc6-c6c5ccc5occc65)c4)c3)nc(-c3ccccc3)n2)cc1. The minimum absolute atomic E-state index is 0.585. The normalized spacial score (nSPS) is 14.6. The molecule has 0 amide bonds. The van der Waals surface area contributed by atoms with E-state index < -0.39 is 5.41 Å². The summed E-state index contributed by atoms with van der Waals surface area (Å²) in [5.74, 6) is 2.44. The Labute approximate surface area is 341 Å². The molecule has 0 N–H and O–H groups in total. The number of hydrogen-bond acceptors (Lipinski definition) is 4. The highest BCUT2D eigenvalue weighted by Gasteiger charge is 2.51. The van der Waals surface area contributed by atoms with Gasteiger partial charge in [-0.05, 0) is 93.0 Å². The van der Waals surface area contributed by atoms with Gasteiger partial charge in [0.05, 0.1) is 23.1 Å². The lowest BCUT2D eigenvalue weighted by atomic mass is 9.65. The fraction of sp³-hybridized carbons (Fsp3) is 0.0182. The maximum Gasteiger partial charge on any atom is 0.160 e. The number of fused-ring (bicyclic) bond motifs is 11. The molecule has 0 saturated heterocycles. The van der Waals surface area contributed by atoms with Crippen molar-refractivity contribution in [3.63, 3.8) is 0 Å². The second kappa shape index (κ2) is 13.1. The summed E-state index contributed by atoms with van der Waals surface area (Å²) in [4.78, 5) is 10.1. The van der Waals surface area contributed by atoms with Crippen LogP contribution in [-0.4, -0.2) is 9.97 Å². The smallest absolute Gasteiger partial charge is 0.160 e. The highest BCUT2D eigenvalue weighted by molar-refractivity contribution is 6.03. The van der Waals surface area contributed by atoms with Gasteiger partial charge in [-0.25, -0.2) is 9.97 Å². The molecular weight excluding hydrogens is 721 g/mol. The van der Waals surface area contributed by atoms with Gasteiger partial charge in [-0.15, -0.1) is 0 Å². The standard InChI is InChI=1S/C55H34N2O2/c1-3-13-35(14-4-1)48-34-49(57-54(56-48)36-15-5-2-6-16-36)41-20-12-19-39(32-41)37-17-11-18-38(31-37)40-25-27-52-47(33-40)55(45-23-9-10-24-51(45)59-52)44-22-8-7-21-42(44)53-43-29-30-58-50(43)28-26-46(53)55/h1-34H. The molecule has 1 spiro atoms. The van der Waals surface area contributed by atoms with Gasteiger partial charge in [-0.3, -0.25) is 0 Å². The molecule has 4 nitrogen and oxygen atoms in total. The maximum absolute atomic E-state index is 6.75. The predicted molar refractivity (Wildman–Crippen MR) is 236 cm³/mol. The van der Waals surface area contributed by atoms with Gasteiger partial charge in [0.2, 0.25) is 0 Å². The summed E-state index contributed by atoms with van der Waals surface area (Å²) in [6, 6.07) is 70.6. The van der Waals surface area contributed by atoms with Crippen molar-refractivity contribution in [2.24, 2.45) is 0 Å². The summed E-state index contributed by atoms with van der Waals surface area (Å²) in [7, 11) is 0. The maximum atomic E-state index is 6.75. The van der Waals surface area contributed by atoms with Crippen molar-refractivity contribution in [3.8, 4) is 78.8 Å². The Balaban J connectivity index is 0.988. The molecule has 0 radical (unpaired) electrons. The van der Waals surface area contributed by atoms with Crippen LogP contribution in [0.3, 0.4) is 0 Å². The van der Waals surface area contributed by atoms with Crippen LogP contribution >= 0.6 is 0 Å². The first kappa shape index (κ1) is 33.3. The Morgan fingerprint density at radius 3 is 1.75 bits per heavy atom. The van der Waals surface area contributed by atoms with E-state index in [0.29, 0.717) is 5.82 Å². The van der Waals surface area contributed by atoms with E-state index in [4.69, 9.17) is 19.1 Å². The second-order valence-electron chi connectivity index (χ2n) is 15.3. The van der Waals surface area contributed by atoms with E-state index in [2.05, 4.69) is 164 Å². The number of hydrogen-bond donors (Lipinski definition) is 0. The average molecular weight is 755 g/mol. The van der Waals surface area contributed by atoms with Crippen molar-refractivity contribution < 1.29 is 9.15 Å². The van der Waals surface area contributed by atoms with Crippen LogP contribution in [0.5, 0.6) is 11.5 Å². The molecule has 0 fully saturated rings. The molecule has 1 aliphatic carbocycles. The highest BCUT2D eigenvalue weighted by Crippen LogP contribution is 2.63. The van der Waals surface area contributed by atoms with Crippen LogP contribution < -0.4 is 4.74 Å². The van der Waals surface area contributed by atoms with E-state index in [1.807, 2.05) is 36.4 Å². The zero-order chi connectivity index (χ0) is 38.9. The van der Waals surface area contributed by atoms with Gasteiger partial charge >= 0.3 is 0 Å². The summed E-state index contributed by atoms with van der Waals surface area (Å²) < 4.78 is 12.7. The topological polar surface area (TPSA) is 48.2 Å². The van der Waals surface area contributed by atoms with Gasteiger partial charge in [0.1, 0.15) is 17.1 Å². The lowest BCUT2D eigenvalue weighted by Gasteiger charge is -2.39. The Kier molecular flexibility index (Phi) is 7.41. The third-order valence-electron chi connectivity index (χ3n) is 12.0. The number of benzene rings is 8. The fourth-order valence-electron chi connectivity index (χ4n) is 9.43. The van der Waals surface area contributed by atoms with E-state index in [-0.39, 0.29) is 0 Å². The quantitative estimate of drug-likeness (QED) is 0.176. The minimum Gasteiger partial charge on any atom is -0.464 e. The molecule has 1 aliphatic heterocycles. The molecule has 4 heteroatoms. The molecular formula is C55H34N2O2. The van der Waals surface area contributed by atoms with Crippen LogP contribution in [0.2, 0.25) is 0 Å². The number of ether oxygens (including phenoxy) is 1. The zero-order valence-electron chi connectivity index (χ0n) is 31.8. The van der Waals surface area contributed by atoms with Gasteiger partial charge in [0.25, 0.3) is 0 Å². The van der Waals surface area contributed by atoms with Crippen LogP contribution in [-0.2, 0) is 5.41 Å². The summed E-state index contributed by atoms with van der Waals surface area (Å²) >= 11 is 0. The number of nitrogens with zero attached hydrogens (tertiary/aromatic N) is 2. The van der Waals surface area contributed by atoms with Crippen LogP contribution in [0, 0.1) is 0 Å². The second-order valence-corrected chi connectivity index (χ2v) is 15.3. The Morgan fingerprint density at radius 2 is 0.966 bits per heavy atom. The lowest BCUT2D eigenvalue weighted by Crippen LogP contribution is -2.32. The van der Waals surface area contributed by atoms with Gasteiger partial charge in [-0.1, -0.05) is 152 Å². The molecule has 2 aromatic heterocycles. The zero-order valence-corrected chi connectivity index (χ0v) is 31.8. The minimum atomic E-state index is -0.585. The first-order chi connectivity index (χ1) is 29.2. The first-order valence-corrected chi connectivity index (χ1v) is 20.0. The van der Waals surface area contributed by atoms with Crippen LogP contribution in [0.1, 0.15) is 22.3 Å². The predicted octanol–water partition coefficient (Wildman–Crippen LogP) is 14.0. The molecule has 2 aliphatic rings. The Bertz CT molecular complexity index is 3200. The van der Waals surface area contributed by atoms with E-state index in [1.165, 1.54) is 22.3 Å². The van der Waals surface area contributed by atoms with Gasteiger partial charge < -0.3 is 9.15 Å². The first-order valence-electron chi connectivity index (χ1n) is 20.0. The molecule has 0 saturated carbocycles. The van der Waals surface area contributed by atoms with Gasteiger partial charge in [-0.2, -0.15) is 0 Å². The van der Waals surface area contributed by atoms with Crippen molar-refractivity contribution in [1.29, 1.82) is 0 Å². The molecule has 12 rings (SSSR count). The summed E-state index contributed by atoms with van der Waals surface area (Å²) in [5, 5.41) is 1.12. The van der Waals surface area contributed by atoms with Crippen molar-refractivity contribution in [1.82, 2.24) is 9.97 Å². The van der Waals surface area contributed by atoms with Crippen LogP contribution in [0.4, 0.5) is 0 Å².